The highest BCUT2D eigenvalue weighted by Gasteiger charge is 2.08. The van der Waals surface area contributed by atoms with Crippen LogP contribution in [0.2, 0.25) is 0 Å². The molecule has 0 saturated heterocycles. The first-order valence-corrected chi connectivity index (χ1v) is 7.16. The molecule has 0 heterocycles. The van der Waals surface area contributed by atoms with Crippen molar-refractivity contribution in [3.8, 4) is 5.75 Å². The van der Waals surface area contributed by atoms with Gasteiger partial charge in [0.05, 0.1) is 15.6 Å². The van der Waals surface area contributed by atoms with Crippen molar-refractivity contribution in [1.82, 2.24) is 0 Å². The van der Waals surface area contributed by atoms with Gasteiger partial charge in [-0.3, -0.25) is 0 Å². The van der Waals surface area contributed by atoms with Crippen molar-refractivity contribution in [3.63, 3.8) is 0 Å². The summed E-state index contributed by atoms with van der Waals surface area (Å²) < 4.78 is 12.8. The van der Waals surface area contributed by atoms with E-state index in [1.54, 1.807) is 0 Å². The van der Waals surface area contributed by atoms with E-state index >= 15 is 0 Å². The van der Waals surface area contributed by atoms with Gasteiger partial charge in [0.15, 0.2) is 0 Å². The molecule has 1 aromatic rings. The van der Waals surface area contributed by atoms with Crippen LogP contribution in [0, 0.1) is 0 Å². The minimum atomic E-state index is 0.516. The van der Waals surface area contributed by atoms with Crippen LogP contribution >= 0.6 is 31.9 Å². The van der Waals surface area contributed by atoms with Crippen LogP contribution in [0.1, 0.15) is 18.9 Å². The Morgan fingerprint density at radius 3 is 2.35 bits per heavy atom. The van der Waals surface area contributed by atoms with Gasteiger partial charge in [0.25, 0.3) is 0 Å². The number of nitrogens with two attached hydrogens (primary N) is 1. The Hall–Kier alpha value is -0.100. The Bertz CT molecular complexity index is 335. The van der Waals surface area contributed by atoms with E-state index in [9.17, 15) is 0 Å². The highest BCUT2D eigenvalue weighted by atomic mass is 79.9. The topological polar surface area (TPSA) is 44.5 Å². The zero-order valence-electron chi connectivity index (χ0n) is 9.84. The molecule has 0 radical (unpaired) electrons. The van der Waals surface area contributed by atoms with Crippen LogP contribution in [-0.4, -0.2) is 19.8 Å². The highest BCUT2D eigenvalue weighted by Crippen LogP contribution is 2.34. The Balaban J connectivity index is 2.53. The maximum Gasteiger partial charge on any atom is 0.147 e. The fraction of sp³-hybridized carbons (Fsp3) is 0.500. The van der Waals surface area contributed by atoms with Gasteiger partial charge in [-0.25, -0.2) is 0 Å². The third-order valence-electron chi connectivity index (χ3n) is 2.18. The van der Waals surface area contributed by atoms with Crippen LogP contribution in [0.3, 0.4) is 0 Å². The quantitative estimate of drug-likeness (QED) is 0.751. The van der Waals surface area contributed by atoms with Gasteiger partial charge in [0, 0.05) is 26.2 Å². The average Bonchev–Trinajstić information content (AvgIpc) is 2.31. The summed E-state index contributed by atoms with van der Waals surface area (Å²) in [4.78, 5) is 0. The summed E-state index contributed by atoms with van der Waals surface area (Å²) >= 11 is 6.96. The second kappa shape index (κ2) is 8.08. The van der Waals surface area contributed by atoms with Gasteiger partial charge >= 0.3 is 0 Å². The van der Waals surface area contributed by atoms with Crippen molar-refractivity contribution >= 4 is 31.9 Å². The Morgan fingerprint density at radius 2 is 1.82 bits per heavy atom. The molecule has 0 unspecified atom stereocenters. The normalized spacial score (nSPS) is 10.6. The SMILES string of the molecule is CCOCCCOc1c(Br)cc(CN)cc1Br. The summed E-state index contributed by atoms with van der Waals surface area (Å²) in [6, 6.07) is 3.95. The summed E-state index contributed by atoms with van der Waals surface area (Å²) in [6.07, 6.45) is 0.880. The Kier molecular flexibility index (Phi) is 7.11. The summed E-state index contributed by atoms with van der Waals surface area (Å²) in [7, 11) is 0. The molecular weight excluding hydrogens is 350 g/mol. The lowest BCUT2D eigenvalue weighted by molar-refractivity contribution is 0.130. The van der Waals surface area contributed by atoms with Gasteiger partial charge in [0.2, 0.25) is 0 Å². The molecule has 0 aromatic heterocycles. The summed E-state index contributed by atoms with van der Waals surface area (Å²) in [6.45, 7) is 4.62. The minimum absolute atomic E-state index is 0.516. The van der Waals surface area contributed by atoms with E-state index in [0.717, 1.165) is 39.9 Å². The van der Waals surface area contributed by atoms with Gasteiger partial charge in [-0.15, -0.1) is 0 Å². The fourth-order valence-electron chi connectivity index (χ4n) is 1.35. The molecule has 1 rings (SSSR count). The summed E-state index contributed by atoms with van der Waals surface area (Å²) in [5.74, 6) is 0.818. The van der Waals surface area contributed by atoms with Gasteiger partial charge in [-0.2, -0.15) is 0 Å². The van der Waals surface area contributed by atoms with Crippen molar-refractivity contribution in [2.75, 3.05) is 19.8 Å². The van der Waals surface area contributed by atoms with Crippen LogP contribution in [0.25, 0.3) is 0 Å². The van der Waals surface area contributed by atoms with E-state index in [0.29, 0.717) is 13.2 Å². The lowest BCUT2D eigenvalue weighted by Crippen LogP contribution is -2.04. The van der Waals surface area contributed by atoms with Crippen molar-refractivity contribution < 1.29 is 9.47 Å². The molecule has 0 amide bonds. The molecule has 96 valence electrons. The minimum Gasteiger partial charge on any atom is -0.491 e. The number of halogens is 2. The molecule has 17 heavy (non-hydrogen) atoms. The van der Waals surface area contributed by atoms with E-state index in [1.807, 2.05) is 19.1 Å². The van der Waals surface area contributed by atoms with Gasteiger partial charge in [-0.1, -0.05) is 0 Å². The molecule has 1 aromatic carbocycles. The number of benzene rings is 1. The monoisotopic (exact) mass is 365 g/mol. The van der Waals surface area contributed by atoms with E-state index in [2.05, 4.69) is 31.9 Å². The molecule has 5 heteroatoms. The van der Waals surface area contributed by atoms with Gasteiger partial charge in [-0.05, 0) is 56.5 Å². The molecule has 0 bridgehead atoms. The maximum atomic E-state index is 5.70. The predicted molar refractivity (Wildman–Crippen MR) is 76.3 cm³/mol. The molecule has 0 spiro atoms. The fourth-order valence-corrected chi connectivity index (χ4v) is 2.86. The zero-order chi connectivity index (χ0) is 12.7. The first kappa shape index (κ1) is 15.0. The Labute approximate surface area is 119 Å². The van der Waals surface area contributed by atoms with Crippen molar-refractivity contribution in [2.45, 2.75) is 19.9 Å². The van der Waals surface area contributed by atoms with Crippen LogP contribution in [-0.2, 0) is 11.3 Å². The first-order valence-electron chi connectivity index (χ1n) is 5.57. The van der Waals surface area contributed by atoms with E-state index in [-0.39, 0.29) is 0 Å². The second-order valence-electron chi connectivity index (χ2n) is 3.49. The molecule has 3 nitrogen and oxygen atoms in total. The third kappa shape index (κ3) is 4.95. The zero-order valence-corrected chi connectivity index (χ0v) is 13.0. The van der Waals surface area contributed by atoms with Crippen LogP contribution in [0.5, 0.6) is 5.75 Å². The third-order valence-corrected chi connectivity index (χ3v) is 3.36. The second-order valence-corrected chi connectivity index (χ2v) is 5.20. The molecule has 0 atom stereocenters. The number of ether oxygens (including phenoxy) is 2. The van der Waals surface area contributed by atoms with Crippen LogP contribution in [0.15, 0.2) is 21.1 Å². The van der Waals surface area contributed by atoms with Crippen molar-refractivity contribution in [1.29, 1.82) is 0 Å². The highest BCUT2D eigenvalue weighted by molar-refractivity contribution is 9.11. The summed E-state index contributed by atoms with van der Waals surface area (Å²) in [5.41, 5.74) is 6.65. The molecule has 0 fully saturated rings. The first-order chi connectivity index (χ1) is 8.19. The molecule has 0 aliphatic carbocycles. The van der Waals surface area contributed by atoms with Gasteiger partial charge < -0.3 is 15.2 Å². The lowest BCUT2D eigenvalue weighted by Gasteiger charge is -2.11. The van der Waals surface area contributed by atoms with E-state index in [4.69, 9.17) is 15.2 Å². The maximum absolute atomic E-state index is 5.70. The largest absolute Gasteiger partial charge is 0.491 e. The van der Waals surface area contributed by atoms with Crippen LogP contribution in [0.4, 0.5) is 0 Å². The number of hydrogen-bond acceptors (Lipinski definition) is 3. The summed E-state index contributed by atoms with van der Waals surface area (Å²) in [5, 5.41) is 0. The molecule has 0 aliphatic heterocycles. The predicted octanol–water partition coefficient (Wildman–Crippen LogP) is 3.48. The molecule has 2 N–H and O–H groups in total. The smallest absolute Gasteiger partial charge is 0.147 e. The molecular formula is C12H17Br2NO2. The molecule has 0 aliphatic rings. The van der Waals surface area contributed by atoms with E-state index < -0.39 is 0 Å². The van der Waals surface area contributed by atoms with Gasteiger partial charge in [0.1, 0.15) is 5.75 Å². The average molecular weight is 367 g/mol. The molecule has 0 saturated carbocycles. The van der Waals surface area contributed by atoms with Crippen molar-refractivity contribution in [2.24, 2.45) is 5.73 Å². The number of rotatable bonds is 7. The Morgan fingerprint density at radius 1 is 1.18 bits per heavy atom. The lowest BCUT2D eigenvalue weighted by atomic mass is 10.2. The number of hydrogen-bond donors (Lipinski definition) is 1. The van der Waals surface area contributed by atoms with Crippen LogP contribution < -0.4 is 10.5 Å². The van der Waals surface area contributed by atoms with E-state index in [1.165, 1.54) is 0 Å². The standard InChI is InChI=1S/C12H17Br2NO2/c1-2-16-4-3-5-17-12-10(13)6-9(8-15)7-11(12)14/h6-7H,2-5,8,15H2,1H3. The van der Waals surface area contributed by atoms with Crippen molar-refractivity contribution in [3.05, 3.63) is 26.6 Å².